The van der Waals surface area contributed by atoms with Gasteiger partial charge in [-0.2, -0.15) is 0 Å². The fraction of sp³-hybridized carbons (Fsp3) is 0.538. The second kappa shape index (κ2) is 6.38. The lowest BCUT2D eigenvalue weighted by molar-refractivity contribution is 0.100. The lowest BCUT2D eigenvalue weighted by Gasteiger charge is -2.26. The molecule has 1 aliphatic heterocycles. The summed E-state index contributed by atoms with van der Waals surface area (Å²) < 4.78 is 0. The van der Waals surface area contributed by atoms with Gasteiger partial charge in [0.15, 0.2) is 0 Å². The van der Waals surface area contributed by atoms with Crippen molar-refractivity contribution in [2.45, 2.75) is 19.3 Å². The zero-order valence-corrected chi connectivity index (χ0v) is 11.1. The van der Waals surface area contributed by atoms with Gasteiger partial charge in [0.25, 0.3) is 5.91 Å². The SMILES string of the molecule is NC(=O)c1cc(N)ncc1NCCN1CCCCC1. The minimum absolute atomic E-state index is 0.301. The molecule has 5 N–H and O–H groups in total. The number of hydrogen-bond acceptors (Lipinski definition) is 5. The number of nitrogen functional groups attached to an aromatic ring is 1. The van der Waals surface area contributed by atoms with E-state index in [1.165, 1.54) is 25.3 Å². The van der Waals surface area contributed by atoms with Crippen LogP contribution in [0.15, 0.2) is 12.3 Å². The normalized spacial score (nSPS) is 16.2. The average molecular weight is 263 g/mol. The first-order chi connectivity index (χ1) is 9.16. The van der Waals surface area contributed by atoms with E-state index in [4.69, 9.17) is 11.5 Å². The first-order valence-electron chi connectivity index (χ1n) is 6.68. The third kappa shape index (κ3) is 3.82. The third-order valence-corrected chi connectivity index (χ3v) is 3.38. The molecule has 1 aliphatic rings. The van der Waals surface area contributed by atoms with Gasteiger partial charge in [0.1, 0.15) is 5.82 Å². The van der Waals surface area contributed by atoms with Gasteiger partial charge >= 0.3 is 0 Å². The van der Waals surface area contributed by atoms with E-state index in [1.807, 2.05) is 0 Å². The highest BCUT2D eigenvalue weighted by atomic mass is 16.1. The standard InChI is InChI=1S/C13H21N5O/c14-12-8-10(13(15)19)11(9-17-12)16-4-7-18-5-2-1-3-6-18/h8-9,16H,1-7H2,(H2,14,17)(H2,15,19). The topological polar surface area (TPSA) is 97.3 Å². The zero-order chi connectivity index (χ0) is 13.7. The Labute approximate surface area is 113 Å². The number of pyridine rings is 1. The van der Waals surface area contributed by atoms with Crippen LogP contribution in [0.1, 0.15) is 29.6 Å². The molecule has 1 saturated heterocycles. The largest absolute Gasteiger partial charge is 0.384 e. The van der Waals surface area contributed by atoms with E-state index in [0.717, 1.165) is 26.2 Å². The fourth-order valence-corrected chi connectivity index (χ4v) is 2.35. The number of hydrogen-bond donors (Lipinski definition) is 3. The molecule has 104 valence electrons. The maximum Gasteiger partial charge on any atom is 0.250 e. The lowest BCUT2D eigenvalue weighted by Crippen LogP contribution is -2.34. The molecule has 1 aromatic heterocycles. The van der Waals surface area contributed by atoms with Crippen LogP contribution in [0.4, 0.5) is 11.5 Å². The number of likely N-dealkylation sites (tertiary alicyclic amines) is 1. The van der Waals surface area contributed by atoms with Crippen LogP contribution >= 0.6 is 0 Å². The predicted octanol–water partition coefficient (Wildman–Crippen LogP) is 0.660. The molecule has 0 aromatic carbocycles. The number of nitrogens with one attached hydrogen (secondary N) is 1. The van der Waals surface area contributed by atoms with Crippen LogP contribution in [-0.4, -0.2) is 42.0 Å². The third-order valence-electron chi connectivity index (χ3n) is 3.38. The first-order valence-corrected chi connectivity index (χ1v) is 6.68. The number of piperidine rings is 1. The van der Waals surface area contributed by atoms with E-state index >= 15 is 0 Å². The smallest absolute Gasteiger partial charge is 0.250 e. The Morgan fingerprint density at radius 2 is 2.11 bits per heavy atom. The summed E-state index contributed by atoms with van der Waals surface area (Å²) in [7, 11) is 0. The van der Waals surface area contributed by atoms with Crippen molar-refractivity contribution in [3.8, 4) is 0 Å². The number of amides is 1. The van der Waals surface area contributed by atoms with E-state index in [9.17, 15) is 4.79 Å². The summed E-state index contributed by atoms with van der Waals surface area (Å²) in [6, 6.07) is 1.51. The molecule has 0 radical (unpaired) electrons. The van der Waals surface area contributed by atoms with Crippen LogP contribution in [0.5, 0.6) is 0 Å². The summed E-state index contributed by atoms with van der Waals surface area (Å²) in [5, 5.41) is 3.21. The van der Waals surface area contributed by atoms with Gasteiger partial charge in [-0.3, -0.25) is 4.79 Å². The van der Waals surface area contributed by atoms with Gasteiger partial charge in [0.2, 0.25) is 0 Å². The molecule has 0 aliphatic carbocycles. The predicted molar refractivity (Wildman–Crippen MR) is 75.9 cm³/mol. The Hall–Kier alpha value is -1.82. The molecule has 2 heterocycles. The van der Waals surface area contributed by atoms with Gasteiger partial charge in [0.05, 0.1) is 17.4 Å². The second-order valence-corrected chi connectivity index (χ2v) is 4.85. The molecule has 0 atom stereocenters. The molecule has 1 fully saturated rings. The molecule has 0 spiro atoms. The summed E-state index contributed by atoms with van der Waals surface area (Å²) in [6.45, 7) is 4.04. The Morgan fingerprint density at radius 1 is 1.37 bits per heavy atom. The van der Waals surface area contributed by atoms with Crippen LogP contribution < -0.4 is 16.8 Å². The number of nitrogens with two attached hydrogens (primary N) is 2. The Kier molecular flexibility index (Phi) is 4.57. The van der Waals surface area contributed by atoms with Gasteiger partial charge in [-0.1, -0.05) is 6.42 Å². The van der Waals surface area contributed by atoms with E-state index in [0.29, 0.717) is 17.1 Å². The second-order valence-electron chi connectivity index (χ2n) is 4.85. The fourth-order valence-electron chi connectivity index (χ4n) is 2.35. The molecule has 0 unspecified atom stereocenters. The Bertz CT molecular complexity index is 443. The first kappa shape index (κ1) is 13.6. The Balaban J connectivity index is 1.89. The van der Waals surface area contributed by atoms with Gasteiger partial charge in [0, 0.05) is 13.1 Å². The van der Waals surface area contributed by atoms with Crippen LogP contribution in [0.25, 0.3) is 0 Å². The minimum Gasteiger partial charge on any atom is -0.384 e. The van der Waals surface area contributed by atoms with Crippen molar-refractivity contribution >= 4 is 17.4 Å². The molecule has 1 amide bonds. The van der Waals surface area contributed by atoms with Gasteiger partial charge < -0.3 is 21.7 Å². The molecule has 2 rings (SSSR count). The number of anilines is 2. The van der Waals surface area contributed by atoms with Crippen molar-refractivity contribution in [3.63, 3.8) is 0 Å². The van der Waals surface area contributed by atoms with Crippen molar-refractivity contribution in [2.24, 2.45) is 5.73 Å². The minimum atomic E-state index is -0.491. The van der Waals surface area contributed by atoms with Gasteiger partial charge in [-0.15, -0.1) is 0 Å². The van der Waals surface area contributed by atoms with Gasteiger partial charge in [-0.25, -0.2) is 4.98 Å². The number of carbonyl (C=O) groups is 1. The maximum atomic E-state index is 11.3. The van der Waals surface area contributed by atoms with E-state index in [1.54, 1.807) is 6.20 Å². The molecule has 6 nitrogen and oxygen atoms in total. The average Bonchev–Trinajstić information content (AvgIpc) is 2.41. The molecule has 0 bridgehead atoms. The van der Waals surface area contributed by atoms with Crippen molar-refractivity contribution in [2.75, 3.05) is 37.2 Å². The van der Waals surface area contributed by atoms with E-state index < -0.39 is 5.91 Å². The summed E-state index contributed by atoms with van der Waals surface area (Å²) >= 11 is 0. The number of rotatable bonds is 5. The van der Waals surface area contributed by atoms with Crippen LogP contribution in [-0.2, 0) is 0 Å². The van der Waals surface area contributed by atoms with Crippen molar-refractivity contribution in [1.29, 1.82) is 0 Å². The zero-order valence-electron chi connectivity index (χ0n) is 11.1. The number of aromatic nitrogens is 1. The molecule has 19 heavy (non-hydrogen) atoms. The van der Waals surface area contributed by atoms with Gasteiger partial charge in [-0.05, 0) is 32.0 Å². The summed E-state index contributed by atoms with van der Waals surface area (Å²) in [5.41, 5.74) is 11.9. The van der Waals surface area contributed by atoms with Crippen LogP contribution in [0, 0.1) is 0 Å². The monoisotopic (exact) mass is 263 g/mol. The highest BCUT2D eigenvalue weighted by molar-refractivity contribution is 5.98. The van der Waals surface area contributed by atoms with E-state index in [2.05, 4.69) is 15.2 Å². The molecular weight excluding hydrogens is 242 g/mol. The number of primary amides is 1. The summed E-state index contributed by atoms with van der Waals surface area (Å²) in [6.07, 6.45) is 5.44. The molecule has 0 saturated carbocycles. The van der Waals surface area contributed by atoms with E-state index in [-0.39, 0.29) is 0 Å². The molecule has 1 aromatic rings. The highest BCUT2D eigenvalue weighted by Gasteiger charge is 2.11. The lowest BCUT2D eigenvalue weighted by atomic mass is 10.1. The van der Waals surface area contributed by atoms with Crippen LogP contribution in [0.3, 0.4) is 0 Å². The Morgan fingerprint density at radius 3 is 2.79 bits per heavy atom. The molecular formula is C13H21N5O. The van der Waals surface area contributed by atoms with Crippen LogP contribution in [0.2, 0.25) is 0 Å². The quantitative estimate of drug-likeness (QED) is 0.725. The number of nitrogens with zero attached hydrogens (tertiary/aromatic N) is 2. The molecule has 6 heteroatoms. The number of carbonyl (C=O) groups excluding carboxylic acids is 1. The van der Waals surface area contributed by atoms with Crippen molar-refractivity contribution in [1.82, 2.24) is 9.88 Å². The van der Waals surface area contributed by atoms with Crippen molar-refractivity contribution in [3.05, 3.63) is 17.8 Å². The highest BCUT2D eigenvalue weighted by Crippen LogP contribution is 2.16. The maximum absolute atomic E-state index is 11.3. The summed E-state index contributed by atoms with van der Waals surface area (Å²) in [4.78, 5) is 17.7. The van der Waals surface area contributed by atoms with Crippen molar-refractivity contribution < 1.29 is 4.79 Å². The summed E-state index contributed by atoms with van der Waals surface area (Å²) in [5.74, 6) is -0.190.